The predicted molar refractivity (Wildman–Crippen MR) is 62.0 cm³/mol. The first-order valence-electron chi connectivity index (χ1n) is 5.45. The molecular formula is C12H16N2O2. The van der Waals surface area contributed by atoms with Gasteiger partial charge in [0.15, 0.2) is 0 Å². The van der Waals surface area contributed by atoms with Crippen LogP contribution < -0.4 is 5.73 Å². The quantitative estimate of drug-likeness (QED) is 0.762. The van der Waals surface area contributed by atoms with Crippen LogP contribution in [0.2, 0.25) is 0 Å². The van der Waals surface area contributed by atoms with Crippen molar-refractivity contribution < 1.29 is 9.53 Å². The van der Waals surface area contributed by atoms with Crippen LogP contribution in [-0.2, 0) is 16.0 Å². The van der Waals surface area contributed by atoms with Gasteiger partial charge in [0.1, 0.15) is 6.61 Å². The van der Waals surface area contributed by atoms with Crippen molar-refractivity contribution in [2.45, 2.75) is 6.42 Å². The van der Waals surface area contributed by atoms with Gasteiger partial charge in [-0.15, -0.1) is 0 Å². The van der Waals surface area contributed by atoms with Gasteiger partial charge in [-0.3, -0.25) is 4.79 Å². The van der Waals surface area contributed by atoms with Crippen molar-refractivity contribution in [3.63, 3.8) is 0 Å². The van der Waals surface area contributed by atoms with Crippen LogP contribution in [0.15, 0.2) is 24.3 Å². The number of morpholine rings is 1. The van der Waals surface area contributed by atoms with E-state index in [0.29, 0.717) is 13.2 Å². The molecule has 2 rings (SSSR count). The molecule has 0 atom stereocenters. The zero-order valence-corrected chi connectivity index (χ0v) is 9.19. The first-order valence-corrected chi connectivity index (χ1v) is 5.45. The Morgan fingerprint density at radius 3 is 3.06 bits per heavy atom. The Balaban J connectivity index is 1.89. The molecule has 1 aliphatic heterocycles. The van der Waals surface area contributed by atoms with E-state index < -0.39 is 0 Å². The number of rotatable bonds is 3. The highest BCUT2D eigenvalue weighted by molar-refractivity contribution is 5.78. The van der Waals surface area contributed by atoms with Gasteiger partial charge in [0.05, 0.1) is 6.61 Å². The summed E-state index contributed by atoms with van der Waals surface area (Å²) in [5.41, 5.74) is 7.63. The van der Waals surface area contributed by atoms with E-state index in [1.54, 1.807) is 0 Å². The van der Waals surface area contributed by atoms with E-state index in [9.17, 15) is 4.79 Å². The van der Waals surface area contributed by atoms with Crippen molar-refractivity contribution >= 4 is 11.6 Å². The monoisotopic (exact) mass is 220 g/mol. The molecule has 86 valence electrons. The first kappa shape index (κ1) is 11.0. The highest BCUT2D eigenvalue weighted by Gasteiger charge is 2.17. The summed E-state index contributed by atoms with van der Waals surface area (Å²) < 4.78 is 5.07. The summed E-state index contributed by atoms with van der Waals surface area (Å²) in [5.74, 6) is 0.0788. The van der Waals surface area contributed by atoms with Crippen molar-refractivity contribution in [2.75, 3.05) is 32.0 Å². The maximum Gasteiger partial charge on any atom is 0.248 e. The van der Waals surface area contributed by atoms with E-state index in [0.717, 1.165) is 18.7 Å². The van der Waals surface area contributed by atoms with Crippen molar-refractivity contribution in [3.05, 3.63) is 29.8 Å². The minimum Gasteiger partial charge on any atom is -0.399 e. The second-order valence-electron chi connectivity index (χ2n) is 3.93. The molecule has 16 heavy (non-hydrogen) atoms. The molecule has 2 N–H and O–H groups in total. The van der Waals surface area contributed by atoms with Gasteiger partial charge < -0.3 is 15.4 Å². The normalized spacial score (nSPS) is 16.5. The third kappa shape index (κ3) is 2.73. The third-order valence-corrected chi connectivity index (χ3v) is 2.71. The summed E-state index contributed by atoms with van der Waals surface area (Å²) in [6, 6.07) is 7.78. The summed E-state index contributed by atoms with van der Waals surface area (Å²) in [6.07, 6.45) is 0.844. The summed E-state index contributed by atoms with van der Waals surface area (Å²) in [5, 5.41) is 0. The third-order valence-electron chi connectivity index (χ3n) is 2.71. The lowest BCUT2D eigenvalue weighted by atomic mass is 10.1. The van der Waals surface area contributed by atoms with Crippen LogP contribution in [0.1, 0.15) is 5.56 Å². The number of amides is 1. The Hall–Kier alpha value is -1.55. The van der Waals surface area contributed by atoms with Crippen molar-refractivity contribution in [3.8, 4) is 0 Å². The number of nitrogens with zero attached hydrogens (tertiary/aromatic N) is 1. The molecule has 1 amide bonds. The topological polar surface area (TPSA) is 55.6 Å². The van der Waals surface area contributed by atoms with Gasteiger partial charge in [0.25, 0.3) is 0 Å². The molecule has 1 saturated heterocycles. The summed E-state index contributed by atoms with van der Waals surface area (Å²) in [7, 11) is 0. The number of benzene rings is 1. The molecule has 1 aliphatic rings. The van der Waals surface area contributed by atoms with Gasteiger partial charge in [-0.1, -0.05) is 12.1 Å². The zero-order valence-electron chi connectivity index (χ0n) is 9.19. The van der Waals surface area contributed by atoms with Gasteiger partial charge in [0.2, 0.25) is 5.91 Å². The number of anilines is 1. The van der Waals surface area contributed by atoms with Gasteiger partial charge in [-0.25, -0.2) is 0 Å². The average Bonchev–Trinajstić information content (AvgIpc) is 2.28. The van der Waals surface area contributed by atoms with E-state index in [1.807, 2.05) is 29.2 Å². The maximum absolute atomic E-state index is 11.5. The Morgan fingerprint density at radius 2 is 2.31 bits per heavy atom. The van der Waals surface area contributed by atoms with Crippen LogP contribution in [0.5, 0.6) is 0 Å². The summed E-state index contributed by atoms with van der Waals surface area (Å²) >= 11 is 0. The minimum atomic E-state index is 0.0788. The molecular weight excluding hydrogens is 204 g/mol. The smallest absolute Gasteiger partial charge is 0.248 e. The molecule has 1 heterocycles. The minimum absolute atomic E-state index is 0.0788. The van der Waals surface area contributed by atoms with Crippen molar-refractivity contribution in [2.24, 2.45) is 0 Å². The molecule has 0 aromatic heterocycles. The lowest BCUT2D eigenvalue weighted by molar-refractivity contribution is -0.142. The Bertz CT molecular complexity index is 379. The number of carbonyl (C=O) groups is 1. The lowest BCUT2D eigenvalue weighted by Crippen LogP contribution is -2.42. The van der Waals surface area contributed by atoms with Crippen molar-refractivity contribution in [1.29, 1.82) is 0 Å². The fourth-order valence-electron chi connectivity index (χ4n) is 1.80. The second-order valence-corrected chi connectivity index (χ2v) is 3.93. The molecule has 0 spiro atoms. The van der Waals surface area contributed by atoms with Gasteiger partial charge in [0, 0.05) is 18.8 Å². The molecule has 0 radical (unpaired) electrons. The fraction of sp³-hybridized carbons (Fsp3) is 0.417. The number of nitrogens with two attached hydrogens (primary N) is 1. The van der Waals surface area contributed by atoms with Crippen LogP contribution in [0, 0.1) is 0 Å². The summed E-state index contributed by atoms with van der Waals surface area (Å²) in [6.45, 7) is 2.30. The maximum atomic E-state index is 11.5. The van der Waals surface area contributed by atoms with E-state index >= 15 is 0 Å². The number of carbonyl (C=O) groups excluding carboxylic acids is 1. The SMILES string of the molecule is Nc1cccc(CCN2CCOCC2=O)c1. The largest absolute Gasteiger partial charge is 0.399 e. The molecule has 0 aliphatic carbocycles. The number of ether oxygens (including phenoxy) is 1. The molecule has 0 unspecified atom stereocenters. The number of hydrogen-bond acceptors (Lipinski definition) is 3. The lowest BCUT2D eigenvalue weighted by Gasteiger charge is -2.26. The summed E-state index contributed by atoms with van der Waals surface area (Å²) in [4.78, 5) is 13.3. The molecule has 0 saturated carbocycles. The van der Waals surface area contributed by atoms with Crippen LogP contribution in [-0.4, -0.2) is 37.1 Å². The Labute approximate surface area is 95.0 Å². The molecule has 0 bridgehead atoms. The van der Waals surface area contributed by atoms with Crippen LogP contribution in [0.25, 0.3) is 0 Å². The molecule has 1 fully saturated rings. The van der Waals surface area contributed by atoms with Crippen molar-refractivity contribution in [1.82, 2.24) is 4.90 Å². The van der Waals surface area contributed by atoms with E-state index in [-0.39, 0.29) is 12.5 Å². The highest BCUT2D eigenvalue weighted by atomic mass is 16.5. The van der Waals surface area contributed by atoms with E-state index in [1.165, 1.54) is 5.56 Å². The predicted octanol–water partition coefficient (Wildman–Crippen LogP) is 0.670. The highest BCUT2D eigenvalue weighted by Crippen LogP contribution is 2.08. The Morgan fingerprint density at radius 1 is 1.44 bits per heavy atom. The average molecular weight is 220 g/mol. The first-order chi connectivity index (χ1) is 7.75. The Kier molecular flexibility index (Phi) is 3.41. The van der Waals surface area contributed by atoms with Gasteiger partial charge >= 0.3 is 0 Å². The standard InChI is InChI=1S/C12H16N2O2/c13-11-3-1-2-10(8-11)4-5-14-6-7-16-9-12(14)15/h1-3,8H,4-7,9,13H2. The van der Waals surface area contributed by atoms with E-state index in [2.05, 4.69) is 0 Å². The van der Waals surface area contributed by atoms with Crippen LogP contribution in [0.3, 0.4) is 0 Å². The van der Waals surface area contributed by atoms with E-state index in [4.69, 9.17) is 10.5 Å². The molecule has 1 aromatic carbocycles. The van der Waals surface area contributed by atoms with Gasteiger partial charge in [-0.05, 0) is 24.1 Å². The molecule has 4 nitrogen and oxygen atoms in total. The fourth-order valence-corrected chi connectivity index (χ4v) is 1.80. The van der Waals surface area contributed by atoms with Crippen LogP contribution in [0.4, 0.5) is 5.69 Å². The zero-order chi connectivity index (χ0) is 11.4. The second kappa shape index (κ2) is 4.99. The van der Waals surface area contributed by atoms with Gasteiger partial charge in [-0.2, -0.15) is 0 Å². The van der Waals surface area contributed by atoms with Crippen LogP contribution >= 0.6 is 0 Å². The number of nitrogen functional groups attached to an aromatic ring is 1. The molecule has 1 aromatic rings. The number of hydrogen-bond donors (Lipinski definition) is 1. The molecule has 4 heteroatoms.